The number of carbonyl (C=O) groups is 1. The van der Waals surface area contributed by atoms with Gasteiger partial charge in [-0.2, -0.15) is 0 Å². The van der Waals surface area contributed by atoms with Gasteiger partial charge in [-0.25, -0.2) is 4.79 Å². The zero-order valence-corrected chi connectivity index (χ0v) is 13.3. The highest BCUT2D eigenvalue weighted by atomic mass is 16.6. The largest absolute Gasteiger partial charge is 0.415 e. The second kappa shape index (κ2) is 7.46. The molecule has 1 aromatic rings. The van der Waals surface area contributed by atoms with Crippen LogP contribution in [0.25, 0.3) is 0 Å². The van der Waals surface area contributed by atoms with Gasteiger partial charge in [-0.1, -0.05) is 18.2 Å². The Morgan fingerprint density at radius 2 is 1.90 bits per heavy atom. The third-order valence-corrected chi connectivity index (χ3v) is 4.25. The average Bonchev–Trinajstić information content (AvgIpc) is 2.48. The van der Waals surface area contributed by atoms with Crippen molar-refractivity contribution in [3.8, 4) is 5.75 Å². The standard InChI is InChI=1S/C17H26N2O2/c1-14(2)18(3)13-15-9-11-19(12-10-15)17(20)21-16-7-5-4-6-8-16/h4-8,14-15H,9-13H2,1-3H3. The smallest absolute Gasteiger partial charge is 0.410 e. The Morgan fingerprint density at radius 3 is 2.48 bits per heavy atom. The van der Waals surface area contributed by atoms with Gasteiger partial charge in [0.2, 0.25) is 0 Å². The number of hydrogen-bond acceptors (Lipinski definition) is 3. The van der Waals surface area contributed by atoms with Crippen LogP contribution in [0.3, 0.4) is 0 Å². The summed E-state index contributed by atoms with van der Waals surface area (Å²) in [5.74, 6) is 1.29. The van der Waals surface area contributed by atoms with Crippen LogP contribution in [0, 0.1) is 5.92 Å². The lowest BCUT2D eigenvalue weighted by atomic mass is 9.96. The minimum atomic E-state index is -0.225. The van der Waals surface area contributed by atoms with Crippen molar-refractivity contribution < 1.29 is 9.53 Å². The molecule has 1 fully saturated rings. The molecule has 0 unspecified atom stereocenters. The first-order valence-corrected chi connectivity index (χ1v) is 7.78. The Morgan fingerprint density at radius 1 is 1.29 bits per heavy atom. The Hall–Kier alpha value is -1.55. The maximum atomic E-state index is 12.1. The molecule has 0 aliphatic carbocycles. The Balaban J connectivity index is 1.77. The number of hydrogen-bond donors (Lipinski definition) is 0. The molecule has 1 aliphatic heterocycles. The molecule has 4 heteroatoms. The van der Waals surface area contributed by atoms with Crippen LogP contribution in [0.2, 0.25) is 0 Å². The number of amides is 1. The summed E-state index contributed by atoms with van der Waals surface area (Å²) in [7, 11) is 2.17. The number of para-hydroxylation sites is 1. The molecule has 21 heavy (non-hydrogen) atoms. The third kappa shape index (κ3) is 4.74. The van der Waals surface area contributed by atoms with Crippen molar-refractivity contribution in [2.24, 2.45) is 5.92 Å². The van der Waals surface area contributed by atoms with E-state index in [9.17, 15) is 4.79 Å². The summed E-state index contributed by atoms with van der Waals surface area (Å²) in [6.45, 7) is 7.13. The third-order valence-electron chi connectivity index (χ3n) is 4.25. The number of piperidine rings is 1. The van der Waals surface area contributed by atoms with E-state index in [0.717, 1.165) is 32.5 Å². The lowest BCUT2D eigenvalue weighted by molar-refractivity contribution is 0.118. The summed E-state index contributed by atoms with van der Waals surface area (Å²) in [6, 6.07) is 9.84. The van der Waals surface area contributed by atoms with Crippen molar-refractivity contribution in [3.63, 3.8) is 0 Å². The second-order valence-electron chi connectivity index (χ2n) is 6.14. The maximum Gasteiger partial charge on any atom is 0.415 e. The normalized spacial score (nSPS) is 16.5. The molecule has 4 nitrogen and oxygen atoms in total. The van der Waals surface area contributed by atoms with E-state index in [-0.39, 0.29) is 6.09 Å². The predicted molar refractivity (Wildman–Crippen MR) is 84.5 cm³/mol. The van der Waals surface area contributed by atoms with Gasteiger partial charge in [-0.05, 0) is 51.8 Å². The highest BCUT2D eigenvalue weighted by Crippen LogP contribution is 2.20. The number of carbonyl (C=O) groups excluding carboxylic acids is 1. The summed E-state index contributed by atoms with van der Waals surface area (Å²) in [5.41, 5.74) is 0. The molecule has 1 heterocycles. The number of nitrogens with zero attached hydrogens (tertiary/aromatic N) is 2. The molecule has 0 N–H and O–H groups in total. The molecule has 0 spiro atoms. The topological polar surface area (TPSA) is 32.8 Å². The zero-order chi connectivity index (χ0) is 15.2. The summed E-state index contributed by atoms with van der Waals surface area (Å²) < 4.78 is 5.38. The molecule has 0 aromatic heterocycles. The molecule has 1 aliphatic rings. The van der Waals surface area contributed by atoms with Gasteiger partial charge in [0.25, 0.3) is 0 Å². The molecule has 0 atom stereocenters. The fraction of sp³-hybridized carbons (Fsp3) is 0.588. The van der Waals surface area contributed by atoms with E-state index in [1.807, 2.05) is 35.2 Å². The van der Waals surface area contributed by atoms with Gasteiger partial charge in [-0.3, -0.25) is 0 Å². The first-order chi connectivity index (χ1) is 10.1. The number of rotatable bonds is 4. The van der Waals surface area contributed by atoms with Crippen molar-refractivity contribution in [3.05, 3.63) is 30.3 Å². The molecular weight excluding hydrogens is 264 g/mol. The molecule has 116 valence electrons. The summed E-state index contributed by atoms with van der Waals surface area (Å²) >= 11 is 0. The molecule has 0 bridgehead atoms. The SMILES string of the molecule is CC(C)N(C)CC1CCN(C(=O)Oc2ccccc2)CC1. The monoisotopic (exact) mass is 290 g/mol. The van der Waals surface area contributed by atoms with Crippen molar-refractivity contribution in [1.82, 2.24) is 9.80 Å². The average molecular weight is 290 g/mol. The van der Waals surface area contributed by atoms with Crippen LogP contribution in [0.5, 0.6) is 5.75 Å². The van der Waals surface area contributed by atoms with Crippen LogP contribution in [-0.2, 0) is 0 Å². The van der Waals surface area contributed by atoms with Crippen LogP contribution >= 0.6 is 0 Å². The molecule has 1 amide bonds. The van der Waals surface area contributed by atoms with Crippen LogP contribution in [0.1, 0.15) is 26.7 Å². The van der Waals surface area contributed by atoms with Crippen LogP contribution < -0.4 is 4.74 Å². The van der Waals surface area contributed by atoms with E-state index >= 15 is 0 Å². The highest BCUT2D eigenvalue weighted by molar-refractivity contribution is 5.70. The lowest BCUT2D eigenvalue weighted by Gasteiger charge is -2.34. The lowest BCUT2D eigenvalue weighted by Crippen LogP contribution is -2.43. The maximum absolute atomic E-state index is 12.1. The molecule has 1 aromatic carbocycles. The van der Waals surface area contributed by atoms with Crippen molar-refractivity contribution >= 4 is 6.09 Å². The van der Waals surface area contributed by atoms with Crippen LogP contribution in [0.15, 0.2) is 30.3 Å². The highest BCUT2D eigenvalue weighted by Gasteiger charge is 2.25. The summed E-state index contributed by atoms with van der Waals surface area (Å²) in [4.78, 5) is 16.3. The van der Waals surface area contributed by atoms with E-state index in [1.54, 1.807) is 0 Å². The van der Waals surface area contributed by atoms with Crippen LogP contribution in [-0.4, -0.2) is 48.6 Å². The van der Waals surface area contributed by atoms with Gasteiger partial charge in [-0.15, -0.1) is 0 Å². The van der Waals surface area contributed by atoms with E-state index in [0.29, 0.717) is 17.7 Å². The number of likely N-dealkylation sites (tertiary alicyclic amines) is 1. The fourth-order valence-electron chi connectivity index (χ4n) is 2.57. The van der Waals surface area contributed by atoms with Gasteiger partial charge in [0.15, 0.2) is 0 Å². The minimum Gasteiger partial charge on any atom is -0.410 e. The second-order valence-corrected chi connectivity index (χ2v) is 6.14. The van der Waals surface area contributed by atoms with E-state index < -0.39 is 0 Å². The summed E-state index contributed by atoms with van der Waals surface area (Å²) in [5, 5.41) is 0. The number of ether oxygens (including phenoxy) is 1. The van der Waals surface area contributed by atoms with Gasteiger partial charge in [0.05, 0.1) is 0 Å². The molecule has 0 radical (unpaired) electrons. The zero-order valence-electron chi connectivity index (χ0n) is 13.3. The quantitative estimate of drug-likeness (QED) is 0.853. The van der Waals surface area contributed by atoms with Crippen molar-refractivity contribution in [1.29, 1.82) is 0 Å². The molecule has 0 saturated carbocycles. The fourth-order valence-corrected chi connectivity index (χ4v) is 2.57. The van der Waals surface area contributed by atoms with Gasteiger partial charge < -0.3 is 14.5 Å². The van der Waals surface area contributed by atoms with E-state index in [1.165, 1.54) is 0 Å². The van der Waals surface area contributed by atoms with Crippen molar-refractivity contribution in [2.75, 3.05) is 26.7 Å². The Bertz CT molecular complexity index is 439. The number of benzene rings is 1. The minimum absolute atomic E-state index is 0.225. The molecule has 1 saturated heterocycles. The Labute approximate surface area is 127 Å². The molecular formula is C17H26N2O2. The van der Waals surface area contributed by atoms with Gasteiger partial charge >= 0.3 is 6.09 Å². The Kier molecular flexibility index (Phi) is 5.62. The first-order valence-electron chi connectivity index (χ1n) is 7.78. The van der Waals surface area contributed by atoms with Gasteiger partial charge in [0.1, 0.15) is 5.75 Å². The first kappa shape index (κ1) is 15.8. The van der Waals surface area contributed by atoms with E-state index in [4.69, 9.17) is 4.74 Å². The van der Waals surface area contributed by atoms with Crippen LogP contribution in [0.4, 0.5) is 4.79 Å². The predicted octanol–water partition coefficient (Wildman–Crippen LogP) is 3.24. The molecule has 2 rings (SSSR count). The van der Waals surface area contributed by atoms with Gasteiger partial charge in [0, 0.05) is 25.7 Å². The van der Waals surface area contributed by atoms with Crippen molar-refractivity contribution in [2.45, 2.75) is 32.7 Å². The summed E-state index contributed by atoms with van der Waals surface area (Å²) in [6.07, 6.45) is 1.89. The van der Waals surface area contributed by atoms with E-state index in [2.05, 4.69) is 25.8 Å².